The van der Waals surface area contributed by atoms with Gasteiger partial charge in [-0.1, -0.05) is 0 Å². The molecule has 8 aliphatic rings. The van der Waals surface area contributed by atoms with Gasteiger partial charge in [0, 0.05) is 10.8 Å². The van der Waals surface area contributed by atoms with E-state index in [-0.39, 0.29) is 32.6 Å². The molecule has 0 aromatic heterocycles. The van der Waals surface area contributed by atoms with Crippen LogP contribution >= 0.6 is 15.9 Å². The summed E-state index contributed by atoms with van der Waals surface area (Å²) in [4.78, 5) is 0. The zero-order valence-corrected chi connectivity index (χ0v) is 26.4. The van der Waals surface area contributed by atoms with Crippen molar-refractivity contribution in [1.82, 2.24) is 0 Å². The highest BCUT2D eigenvalue weighted by atomic mass is 79.9. The van der Waals surface area contributed by atoms with Crippen LogP contribution in [0.4, 0.5) is 17.6 Å². The first-order chi connectivity index (χ1) is 21.1. The Morgan fingerprint density at radius 3 is 1.34 bits per heavy atom. The summed E-state index contributed by atoms with van der Waals surface area (Å²) in [6, 6.07) is 5.65. The van der Waals surface area contributed by atoms with E-state index in [2.05, 4.69) is 20.6 Å². The van der Waals surface area contributed by atoms with E-state index < -0.39 is 23.3 Å². The van der Waals surface area contributed by atoms with Crippen molar-refractivity contribution < 1.29 is 36.7 Å². The van der Waals surface area contributed by atoms with E-state index in [1.807, 2.05) is 0 Å². The Morgan fingerprint density at radius 2 is 0.932 bits per heavy atom. The van der Waals surface area contributed by atoms with Crippen molar-refractivity contribution >= 4 is 23.6 Å². The lowest BCUT2D eigenvalue weighted by Crippen LogP contribution is -2.48. The van der Waals surface area contributed by atoms with Crippen molar-refractivity contribution in [2.24, 2.45) is 46.3 Å². The van der Waals surface area contributed by atoms with Gasteiger partial charge in [0.05, 0.1) is 17.7 Å². The number of benzene rings is 2. The zero-order valence-electron chi connectivity index (χ0n) is 24.8. The van der Waals surface area contributed by atoms with Crippen molar-refractivity contribution in [3.63, 3.8) is 0 Å². The molecule has 8 bridgehead atoms. The fourth-order valence-corrected chi connectivity index (χ4v) is 11.1. The number of ether oxygens (including phenoxy) is 2. The number of halogens is 5. The minimum atomic E-state index is -1.14. The summed E-state index contributed by atoms with van der Waals surface area (Å²) in [5, 5.41) is 8.54. The van der Waals surface area contributed by atoms with Crippen molar-refractivity contribution in [2.45, 2.75) is 77.0 Å². The van der Waals surface area contributed by atoms with Crippen LogP contribution in [0.3, 0.4) is 0 Å². The predicted octanol–water partition coefficient (Wildman–Crippen LogP) is 8.79. The van der Waals surface area contributed by atoms with Gasteiger partial charge in [-0.2, -0.15) is 13.2 Å². The van der Waals surface area contributed by atoms with Crippen LogP contribution in [0.1, 0.15) is 77.0 Å². The molecule has 0 unspecified atom stereocenters. The van der Waals surface area contributed by atoms with Crippen LogP contribution in [0.25, 0.3) is 0 Å². The molecule has 1 N–H and O–H groups in total. The van der Waals surface area contributed by atoms with E-state index in [1.165, 1.54) is 82.1 Å². The highest BCUT2D eigenvalue weighted by molar-refractivity contribution is 9.10. The van der Waals surface area contributed by atoms with Crippen LogP contribution in [-0.4, -0.2) is 25.9 Å². The minimum Gasteiger partial charge on any atom is -0.535 e. The van der Waals surface area contributed by atoms with Gasteiger partial charge in [-0.25, -0.2) is 4.39 Å². The molecule has 1 radical (unpaired) electrons. The fourth-order valence-electron chi connectivity index (χ4n) is 10.8. The second-order valence-corrected chi connectivity index (χ2v) is 15.9. The Labute approximate surface area is 265 Å². The molecule has 0 heterocycles. The second kappa shape index (κ2) is 12.0. The number of hydrogen-bond donors (Lipinski definition) is 1. The fraction of sp³-hybridized carbons (Fsp3) is 0.647. The summed E-state index contributed by atoms with van der Waals surface area (Å²) >= 11 is 2.99. The van der Waals surface area contributed by atoms with Gasteiger partial charge < -0.3 is 19.2 Å². The van der Waals surface area contributed by atoms with Crippen LogP contribution in [0.5, 0.6) is 17.2 Å². The van der Waals surface area contributed by atoms with Crippen LogP contribution in [-0.2, 0) is 0 Å². The summed E-state index contributed by atoms with van der Waals surface area (Å²) < 4.78 is 71.4. The van der Waals surface area contributed by atoms with Gasteiger partial charge in [0.15, 0.2) is 17.3 Å². The average Bonchev–Trinajstić information content (AvgIpc) is 2.97. The third kappa shape index (κ3) is 5.99. The average molecular weight is 678 g/mol. The van der Waals surface area contributed by atoms with Gasteiger partial charge >= 0.3 is 7.69 Å². The maximum Gasteiger partial charge on any atom is 0.569 e. The van der Waals surface area contributed by atoms with Gasteiger partial charge in [-0.05, 0) is 153 Å². The summed E-state index contributed by atoms with van der Waals surface area (Å²) in [7, 11) is 0.327. The Morgan fingerprint density at radius 1 is 0.591 bits per heavy atom. The summed E-state index contributed by atoms with van der Waals surface area (Å²) in [5.74, 6) is 0.567. The molecule has 2 aromatic carbocycles. The van der Waals surface area contributed by atoms with Crippen LogP contribution in [0, 0.1) is 69.6 Å². The minimum absolute atomic E-state index is 0.0476. The first kappa shape index (κ1) is 30.7. The molecule has 2 aromatic rings. The van der Waals surface area contributed by atoms with Crippen molar-refractivity contribution in [1.29, 1.82) is 0 Å². The van der Waals surface area contributed by atoms with Gasteiger partial charge in [-0.3, -0.25) is 0 Å². The monoisotopic (exact) mass is 677 g/mol. The smallest absolute Gasteiger partial charge is 0.535 e. The SMILES string of the molecule is Fc1c(Br)ccc(OCC23CC4CC(CC(C4)C2)C3)c1F.O[B]Oc1ccc(OCC23CC4CC(CC(C4)C2)C3)c(F)c1F. The third-order valence-corrected chi connectivity index (χ3v) is 12.2. The first-order valence-electron chi connectivity index (χ1n) is 16.1. The normalized spacial score (nSPS) is 35.7. The van der Waals surface area contributed by atoms with Crippen molar-refractivity contribution in [2.75, 3.05) is 13.2 Å². The quantitative estimate of drug-likeness (QED) is 0.172. The molecule has 10 rings (SSSR count). The summed E-state index contributed by atoms with van der Waals surface area (Å²) in [5.41, 5.74) is 0.358. The molecule has 4 nitrogen and oxygen atoms in total. The predicted molar refractivity (Wildman–Crippen MR) is 161 cm³/mol. The molecule has 44 heavy (non-hydrogen) atoms. The molecular formula is C34H39BBrF4O4. The Bertz CT molecular complexity index is 1320. The highest BCUT2D eigenvalue weighted by Crippen LogP contribution is 2.61. The molecule has 10 heteroatoms. The molecule has 0 spiro atoms. The van der Waals surface area contributed by atoms with Crippen LogP contribution < -0.4 is 14.1 Å². The standard InChI is InChI=1S/C17H20BF2O3.C17H19BrF2O/c19-15-13(1-2-14(16(15)20)23-18-21)22-9-17-6-10-3-11(7-17)5-12(4-10)8-17;18-13-1-2-14(16(20)15(13)19)21-9-17-6-10-3-11(7-17)5-12(4-10)8-17/h1-2,10-12,21H,3-9H2;1-2,10-12H,3-9H2. The van der Waals surface area contributed by atoms with Gasteiger partial charge in [-0.15, -0.1) is 0 Å². The van der Waals surface area contributed by atoms with E-state index in [4.69, 9.17) is 14.5 Å². The lowest BCUT2D eigenvalue weighted by molar-refractivity contribution is -0.0751. The van der Waals surface area contributed by atoms with E-state index in [0.29, 0.717) is 20.9 Å². The van der Waals surface area contributed by atoms with E-state index in [9.17, 15) is 17.6 Å². The first-order valence-corrected chi connectivity index (χ1v) is 16.9. The van der Waals surface area contributed by atoms with Gasteiger partial charge in [0.1, 0.15) is 5.75 Å². The lowest BCUT2D eigenvalue weighted by atomic mass is 9.50. The zero-order chi connectivity index (χ0) is 30.6. The van der Waals surface area contributed by atoms with Gasteiger partial charge in [0.25, 0.3) is 0 Å². The van der Waals surface area contributed by atoms with E-state index in [0.717, 1.165) is 54.8 Å². The highest BCUT2D eigenvalue weighted by Gasteiger charge is 2.52. The largest absolute Gasteiger partial charge is 0.569 e. The van der Waals surface area contributed by atoms with Crippen LogP contribution in [0.2, 0.25) is 0 Å². The van der Waals surface area contributed by atoms with Crippen LogP contribution in [0.15, 0.2) is 28.7 Å². The molecule has 0 aliphatic heterocycles. The Hall–Kier alpha value is -1.94. The molecule has 0 amide bonds. The van der Waals surface area contributed by atoms with E-state index >= 15 is 0 Å². The number of rotatable bonds is 8. The molecule has 8 fully saturated rings. The van der Waals surface area contributed by atoms with Crippen molar-refractivity contribution in [3.05, 3.63) is 52.0 Å². The van der Waals surface area contributed by atoms with E-state index in [1.54, 1.807) is 0 Å². The summed E-state index contributed by atoms with van der Waals surface area (Å²) in [6.45, 7) is 0.994. The maximum atomic E-state index is 14.1. The summed E-state index contributed by atoms with van der Waals surface area (Å²) in [6.07, 6.45) is 15.2. The molecular weight excluding hydrogens is 639 g/mol. The van der Waals surface area contributed by atoms with Crippen molar-refractivity contribution in [3.8, 4) is 17.2 Å². The lowest BCUT2D eigenvalue weighted by Gasteiger charge is -2.56. The maximum absolute atomic E-state index is 14.1. The molecule has 0 atom stereocenters. The Balaban J connectivity index is 0.000000143. The number of hydrogen-bond acceptors (Lipinski definition) is 4. The second-order valence-electron chi connectivity index (χ2n) is 15.0. The molecule has 0 saturated heterocycles. The third-order valence-electron chi connectivity index (χ3n) is 11.6. The molecule has 8 aliphatic carbocycles. The Kier molecular flexibility index (Phi) is 8.39. The molecule has 237 valence electrons. The topological polar surface area (TPSA) is 47.9 Å². The molecule has 8 saturated carbocycles. The van der Waals surface area contributed by atoms with Gasteiger partial charge in [0.2, 0.25) is 17.5 Å².